The van der Waals surface area contributed by atoms with Gasteiger partial charge in [0.15, 0.2) is 0 Å². The van der Waals surface area contributed by atoms with Gasteiger partial charge in [0.1, 0.15) is 0 Å². The molecule has 0 spiro atoms. The molecule has 2 heterocycles. The van der Waals surface area contributed by atoms with E-state index in [1.54, 1.807) is 6.20 Å². The third-order valence-corrected chi connectivity index (χ3v) is 3.02. The molecule has 0 saturated carbocycles. The molecule has 1 aromatic heterocycles. The second kappa shape index (κ2) is 6.77. The molecular weight excluding hydrogens is 232 g/mol. The summed E-state index contributed by atoms with van der Waals surface area (Å²) in [5.74, 6) is 0. The van der Waals surface area contributed by atoms with Crippen molar-refractivity contribution >= 4 is 17.2 Å². The molecule has 1 aromatic rings. The standard InChI is InChI=1S/C12H15ClN2.C2H6/c1-9-12(7-11(13)8-14-9)10-3-5-15(2)6-4-10;1-2/h3,7-8H,4-6H2,1-2H3;1-2H3. The Balaban J connectivity index is 0.000000686. The van der Waals surface area contributed by atoms with Gasteiger partial charge < -0.3 is 4.90 Å². The van der Waals surface area contributed by atoms with Crippen LogP contribution in [0.4, 0.5) is 0 Å². The summed E-state index contributed by atoms with van der Waals surface area (Å²) in [5, 5.41) is 0.718. The van der Waals surface area contributed by atoms with Crippen LogP contribution in [0.3, 0.4) is 0 Å². The fourth-order valence-corrected chi connectivity index (χ4v) is 2.01. The van der Waals surface area contributed by atoms with Crippen LogP contribution < -0.4 is 0 Å². The third-order valence-electron chi connectivity index (χ3n) is 2.81. The maximum atomic E-state index is 5.96. The quantitative estimate of drug-likeness (QED) is 0.756. The maximum Gasteiger partial charge on any atom is 0.0595 e. The van der Waals surface area contributed by atoms with E-state index in [2.05, 4.69) is 23.0 Å². The van der Waals surface area contributed by atoms with Crippen molar-refractivity contribution in [3.8, 4) is 0 Å². The van der Waals surface area contributed by atoms with E-state index in [9.17, 15) is 0 Å². The van der Waals surface area contributed by atoms with Gasteiger partial charge >= 0.3 is 0 Å². The van der Waals surface area contributed by atoms with E-state index in [1.807, 2.05) is 26.8 Å². The molecule has 0 fully saturated rings. The smallest absolute Gasteiger partial charge is 0.0595 e. The molecule has 3 heteroatoms. The number of hydrogen-bond acceptors (Lipinski definition) is 2. The molecule has 2 nitrogen and oxygen atoms in total. The minimum atomic E-state index is 0.718. The van der Waals surface area contributed by atoms with Crippen LogP contribution in [0.5, 0.6) is 0 Å². The normalized spacial score (nSPS) is 15.9. The zero-order valence-corrected chi connectivity index (χ0v) is 11.9. The molecule has 17 heavy (non-hydrogen) atoms. The van der Waals surface area contributed by atoms with Gasteiger partial charge in [-0.25, -0.2) is 0 Å². The first-order valence-electron chi connectivity index (χ1n) is 6.17. The third kappa shape index (κ3) is 3.83. The summed E-state index contributed by atoms with van der Waals surface area (Å²) in [5.41, 5.74) is 3.64. The van der Waals surface area contributed by atoms with E-state index >= 15 is 0 Å². The summed E-state index contributed by atoms with van der Waals surface area (Å²) in [4.78, 5) is 6.59. The Morgan fingerprint density at radius 2 is 2.06 bits per heavy atom. The average molecular weight is 253 g/mol. The van der Waals surface area contributed by atoms with Crippen LogP contribution in [0.25, 0.3) is 5.57 Å². The largest absolute Gasteiger partial charge is 0.302 e. The van der Waals surface area contributed by atoms with Gasteiger partial charge in [-0.15, -0.1) is 0 Å². The van der Waals surface area contributed by atoms with E-state index < -0.39 is 0 Å². The summed E-state index contributed by atoms with van der Waals surface area (Å²) >= 11 is 5.96. The summed E-state index contributed by atoms with van der Waals surface area (Å²) in [6.07, 6.45) is 5.05. The number of likely N-dealkylation sites (N-methyl/N-ethyl adjacent to an activating group) is 1. The molecule has 94 valence electrons. The summed E-state index contributed by atoms with van der Waals surface area (Å²) in [6.45, 7) is 8.16. The van der Waals surface area contributed by atoms with E-state index in [1.165, 1.54) is 11.1 Å². The molecular formula is C14H21ClN2. The van der Waals surface area contributed by atoms with Crippen LogP contribution in [0.15, 0.2) is 18.3 Å². The topological polar surface area (TPSA) is 16.1 Å². The van der Waals surface area contributed by atoms with Crippen LogP contribution in [-0.2, 0) is 0 Å². The molecule has 0 unspecified atom stereocenters. The van der Waals surface area contributed by atoms with Gasteiger partial charge in [0.25, 0.3) is 0 Å². The Bertz CT molecular complexity index is 399. The lowest BCUT2D eigenvalue weighted by Crippen LogP contribution is -2.23. The Labute approximate surface area is 109 Å². The SMILES string of the molecule is CC.Cc1ncc(Cl)cc1C1=CCN(C)CC1. The molecule has 0 amide bonds. The van der Waals surface area contributed by atoms with Crippen molar-refractivity contribution in [1.82, 2.24) is 9.88 Å². The number of rotatable bonds is 1. The predicted octanol–water partition coefficient (Wildman–Crippen LogP) is 3.79. The van der Waals surface area contributed by atoms with Gasteiger partial charge in [-0.3, -0.25) is 4.98 Å². The minimum Gasteiger partial charge on any atom is -0.302 e. The van der Waals surface area contributed by atoms with Gasteiger partial charge in [0, 0.05) is 30.5 Å². The van der Waals surface area contributed by atoms with E-state index in [0.29, 0.717) is 0 Å². The van der Waals surface area contributed by atoms with Gasteiger partial charge in [-0.05, 0) is 32.0 Å². The van der Waals surface area contributed by atoms with Crippen LogP contribution >= 0.6 is 11.6 Å². The number of nitrogens with zero attached hydrogens (tertiary/aromatic N) is 2. The van der Waals surface area contributed by atoms with Gasteiger partial charge in [0.05, 0.1) is 5.02 Å². The molecule has 0 aliphatic carbocycles. The molecule has 0 N–H and O–H groups in total. The monoisotopic (exact) mass is 252 g/mol. The molecule has 1 aliphatic rings. The molecule has 2 rings (SSSR count). The van der Waals surface area contributed by atoms with Crippen molar-refractivity contribution < 1.29 is 0 Å². The average Bonchev–Trinajstić information content (AvgIpc) is 2.36. The van der Waals surface area contributed by atoms with Crippen LogP contribution in [0.1, 0.15) is 31.5 Å². The van der Waals surface area contributed by atoms with Crippen LogP contribution in [-0.4, -0.2) is 30.0 Å². The Kier molecular flexibility index (Phi) is 5.66. The molecule has 0 bridgehead atoms. The van der Waals surface area contributed by atoms with E-state index in [-0.39, 0.29) is 0 Å². The van der Waals surface area contributed by atoms with Crippen molar-refractivity contribution in [3.63, 3.8) is 0 Å². The first-order chi connectivity index (χ1) is 8.16. The number of halogens is 1. The highest BCUT2D eigenvalue weighted by Gasteiger charge is 2.12. The summed E-state index contributed by atoms with van der Waals surface area (Å²) in [6, 6.07) is 2.01. The summed E-state index contributed by atoms with van der Waals surface area (Å²) in [7, 11) is 2.14. The van der Waals surface area contributed by atoms with Crippen molar-refractivity contribution in [3.05, 3.63) is 34.6 Å². The van der Waals surface area contributed by atoms with Crippen LogP contribution in [0.2, 0.25) is 5.02 Å². The molecule has 0 radical (unpaired) electrons. The van der Waals surface area contributed by atoms with Crippen molar-refractivity contribution in [2.45, 2.75) is 27.2 Å². The highest BCUT2D eigenvalue weighted by molar-refractivity contribution is 6.30. The Morgan fingerprint density at radius 3 is 2.65 bits per heavy atom. The van der Waals surface area contributed by atoms with E-state index in [4.69, 9.17) is 11.6 Å². The van der Waals surface area contributed by atoms with Crippen molar-refractivity contribution in [1.29, 1.82) is 0 Å². The van der Waals surface area contributed by atoms with Gasteiger partial charge in [-0.1, -0.05) is 31.5 Å². The number of pyridine rings is 1. The van der Waals surface area contributed by atoms with E-state index in [0.717, 1.165) is 30.2 Å². The van der Waals surface area contributed by atoms with Gasteiger partial charge in [-0.2, -0.15) is 0 Å². The number of aromatic nitrogens is 1. The highest BCUT2D eigenvalue weighted by atomic mass is 35.5. The number of hydrogen-bond donors (Lipinski definition) is 0. The lowest BCUT2D eigenvalue weighted by Gasteiger charge is -2.22. The molecule has 0 aromatic carbocycles. The predicted molar refractivity (Wildman–Crippen MR) is 75.4 cm³/mol. The number of aryl methyl sites for hydroxylation is 1. The second-order valence-corrected chi connectivity index (χ2v) is 4.46. The first-order valence-corrected chi connectivity index (χ1v) is 6.54. The molecule has 0 atom stereocenters. The first kappa shape index (κ1) is 14.2. The maximum absolute atomic E-state index is 5.96. The second-order valence-electron chi connectivity index (χ2n) is 4.03. The molecule has 1 aliphatic heterocycles. The van der Waals surface area contributed by atoms with Crippen molar-refractivity contribution in [2.24, 2.45) is 0 Å². The highest BCUT2D eigenvalue weighted by Crippen LogP contribution is 2.25. The van der Waals surface area contributed by atoms with Gasteiger partial charge in [0.2, 0.25) is 0 Å². The fraction of sp³-hybridized carbons (Fsp3) is 0.500. The zero-order chi connectivity index (χ0) is 12.8. The Morgan fingerprint density at radius 1 is 1.35 bits per heavy atom. The fourth-order valence-electron chi connectivity index (χ4n) is 1.85. The summed E-state index contributed by atoms with van der Waals surface area (Å²) < 4.78 is 0. The minimum absolute atomic E-state index is 0.718. The van der Waals surface area contributed by atoms with Crippen molar-refractivity contribution in [2.75, 3.05) is 20.1 Å². The van der Waals surface area contributed by atoms with Crippen LogP contribution in [0, 0.1) is 6.92 Å². The Hall–Kier alpha value is -0.860. The zero-order valence-electron chi connectivity index (χ0n) is 11.1. The molecule has 0 saturated heterocycles. The lowest BCUT2D eigenvalue weighted by atomic mass is 9.99. The lowest BCUT2D eigenvalue weighted by molar-refractivity contribution is 0.370.